The highest BCUT2D eigenvalue weighted by Gasteiger charge is 2.13. The fourth-order valence-electron chi connectivity index (χ4n) is 1.91. The summed E-state index contributed by atoms with van der Waals surface area (Å²) >= 11 is 3.28. The van der Waals surface area contributed by atoms with E-state index in [1.807, 2.05) is 0 Å². The number of hydrogen-bond donors (Lipinski definition) is 2. The van der Waals surface area contributed by atoms with Crippen molar-refractivity contribution in [2.75, 3.05) is 0 Å². The van der Waals surface area contributed by atoms with Crippen LogP contribution in [0.15, 0.2) is 50.7 Å². The summed E-state index contributed by atoms with van der Waals surface area (Å²) in [5, 5.41) is 20.5. The molecule has 1 aromatic carbocycles. The maximum absolute atomic E-state index is 11.6. The minimum Gasteiger partial charge on any atom is -0.455 e. The lowest BCUT2D eigenvalue weighted by Crippen LogP contribution is -2.19. The number of hydrogen-bond acceptors (Lipinski definition) is 7. The Bertz CT molecular complexity index is 950. The zero-order chi connectivity index (χ0) is 17.8. The zero-order valence-electron chi connectivity index (χ0n) is 12.3. The molecular formula is C14H9BrN6O4. The first kappa shape index (κ1) is 16.5. The van der Waals surface area contributed by atoms with Gasteiger partial charge in [0, 0.05) is 22.2 Å². The number of non-ortho nitro benzene ring substituents is 1. The molecule has 0 aliphatic carbocycles. The molecule has 0 spiro atoms. The first-order valence-electron chi connectivity index (χ1n) is 6.77. The number of halogens is 1. The van der Waals surface area contributed by atoms with Crippen molar-refractivity contribution in [3.8, 4) is 11.3 Å². The van der Waals surface area contributed by atoms with Crippen LogP contribution in [-0.4, -0.2) is 32.2 Å². The summed E-state index contributed by atoms with van der Waals surface area (Å²) in [7, 11) is 0. The molecule has 2 heterocycles. The van der Waals surface area contributed by atoms with E-state index < -0.39 is 10.8 Å². The lowest BCUT2D eigenvalue weighted by molar-refractivity contribution is -0.384. The number of H-pyrrole nitrogens is 1. The number of rotatable bonds is 5. The molecule has 0 atom stereocenters. The molecule has 0 radical (unpaired) electrons. The topological polar surface area (TPSA) is 139 Å². The van der Waals surface area contributed by atoms with Crippen molar-refractivity contribution < 1.29 is 14.1 Å². The first-order valence-corrected chi connectivity index (χ1v) is 7.57. The minimum atomic E-state index is -0.543. The molecule has 0 aliphatic heterocycles. The van der Waals surface area contributed by atoms with Crippen LogP contribution in [0, 0.1) is 10.1 Å². The van der Waals surface area contributed by atoms with Gasteiger partial charge in [0.25, 0.3) is 5.69 Å². The molecule has 2 N–H and O–H groups in total. The summed E-state index contributed by atoms with van der Waals surface area (Å²) in [5.41, 5.74) is 2.89. The number of nitrogens with zero attached hydrogens (tertiary/aromatic N) is 4. The molecule has 25 heavy (non-hydrogen) atoms. The molecule has 3 aromatic rings. The number of nitro groups is 1. The second-order valence-electron chi connectivity index (χ2n) is 4.66. The van der Waals surface area contributed by atoms with Gasteiger partial charge in [-0.15, -0.1) is 0 Å². The van der Waals surface area contributed by atoms with Gasteiger partial charge in [0.1, 0.15) is 17.8 Å². The third kappa shape index (κ3) is 3.77. The molecule has 126 valence electrons. The van der Waals surface area contributed by atoms with Crippen molar-refractivity contribution in [1.82, 2.24) is 20.6 Å². The molecule has 0 saturated heterocycles. The molecule has 1 amide bonds. The number of aromatic nitrogens is 3. The van der Waals surface area contributed by atoms with Gasteiger partial charge in [0.05, 0.1) is 11.1 Å². The Kier molecular flexibility index (Phi) is 4.66. The van der Waals surface area contributed by atoms with Crippen molar-refractivity contribution in [2.45, 2.75) is 0 Å². The zero-order valence-corrected chi connectivity index (χ0v) is 13.9. The Hall–Kier alpha value is -3.34. The van der Waals surface area contributed by atoms with Gasteiger partial charge < -0.3 is 4.42 Å². The van der Waals surface area contributed by atoms with Crippen LogP contribution in [0.4, 0.5) is 5.69 Å². The van der Waals surface area contributed by atoms with Crippen LogP contribution >= 0.6 is 15.9 Å². The van der Waals surface area contributed by atoms with E-state index in [1.165, 1.54) is 24.7 Å². The Balaban J connectivity index is 1.71. The predicted octanol–water partition coefficient (Wildman–Crippen LogP) is 2.50. The van der Waals surface area contributed by atoms with E-state index in [1.54, 1.807) is 18.2 Å². The summed E-state index contributed by atoms with van der Waals surface area (Å²) in [6.07, 6.45) is 2.52. The van der Waals surface area contributed by atoms with Gasteiger partial charge in [-0.1, -0.05) is 0 Å². The SMILES string of the molecule is O=C(N/N=C/c1ccc(-c2ccc([N+](=O)[O-])cc2Br)o1)c1ncn[nH]1. The predicted molar refractivity (Wildman–Crippen MR) is 89.9 cm³/mol. The summed E-state index contributed by atoms with van der Waals surface area (Å²) < 4.78 is 6.11. The summed E-state index contributed by atoms with van der Waals surface area (Å²) in [6.45, 7) is 0. The normalized spacial score (nSPS) is 10.9. The molecule has 3 rings (SSSR count). The first-order chi connectivity index (χ1) is 12.0. The van der Waals surface area contributed by atoms with Crippen LogP contribution in [0.3, 0.4) is 0 Å². The van der Waals surface area contributed by atoms with Crippen LogP contribution in [-0.2, 0) is 0 Å². The second kappa shape index (κ2) is 7.05. The lowest BCUT2D eigenvalue weighted by atomic mass is 10.1. The third-order valence-corrected chi connectivity index (χ3v) is 3.70. The smallest absolute Gasteiger partial charge is 0.308 e. The van der Waals surface area contributed by atoms with Gasteiger partial charge in [-0.2, -0.15) is 10.2 Å². The minimum absolute atomic E-state index is 0.0286. The standard InChI is InChI=1S/C14H9BrN6O4/c15-11-5-8(21(23)24)1-3-10(11)12-4-2-9(25-12)6-17-20-14(22)13-16-7-18-19-13/h1-7H,(H,20,22)(H,16,18,19)/b17-6+. The lowest BCUT2D eigenvalue weighted by Gasteiger charge is -2.00. The molecule has 10 nitrogen and oxygen atoms in total. The largest absolute Gasteiger partial charge is 0.455 e. The Morgan fingerprint density at radius 1 is 1.40 bits per heavy atom. The van der Waals surface area contributed by atoms with Crippen molar-refractivity contribution in [2.24, 2.45) is 5.10 Å². The van der Waals surface area contributed by atoms with Gasteiger partial charge in [-0.3, -0.25) is 20.0 Å². The Morgan fingerprint density at radius 3 is 2.92 bits per heavy atom. The maximum Gasteiger partial charge on any atom is 0.308 e. The number of furan rings is 1. The molecule has 2 aromatic heterocycles. The number of benzene rings is 1. The molecule has 0 bridgehead atoms. The van der Waals surface area contributed by atoms with Crippen LogP contribution in [0.1, 0.15) is 16.4 Å². The summed E-state index contributed by atoms with van der Waals surface area (Å²) in [5.74, 6) is 0.369. The summed E-state index contributed by atoms with van der Waals surface area (Å²) in [4.78, 5) is 25.6. The van der Waals surface area contributed by atoms with Gasteiger partial charge in [0.2, 0.25) is 5.82 Å². The Labute approximate surface area is 148 Å². The van der Waals surface area contributed by atoms with Crippen LogP contribution in [0.2, 0.25) is 0 Å². The van der Waals surface area contributed by atoms with E-state index in [-0.39, 0.29) is 11.5 Å². The van der Waals surface area contributed by atoms with Gasteiger partial charge in [-0.05, 0) is 34.1 Å². The quantitative estimate of drug-likeness (QED) is 0.380. The molecule has 0 aliphatic rings. The van der Waals surface area contributed by atoms with E-state index in [0.717, 1.165) is 0 Å². The van der Waals surface area contributed by atoms with E-state index in [9.17, 15) is 14.9 Å². The Morgan fingerprint density at radius 2 is 2.24 bits per heavy atom. The molecular weight excluding hydrogens is 396 g/mol. The van der Waals surface area contributed by atoms with E-state index in [4.69, 9.17) is 4.42 Å². The number of nitrogens with one attached hydrogen (secondary N) is 2. The number of hydrazone groups is 1. The second-order valence-corrected chi connectivity index (χ2v) is 5.51. The number of carbonyl (C=O) groups excluding carboxylic acids is 1. The van der Waals surface area contributed by atoms with Crippen LogP contribution in [0.5, 0.6) is 0 Å². The van der Waals surface area contributed by atoms with E-state index >= 15 is 0 Å². The van der Waals surface area contributed by atoms with Crippen molar-refractivity contribution >= 4 is 33.7 Å². The molecule has 0 fully saturated rings. The number of nitro benzene ring substituents is 1. The highest BCUT2D eigenvalue weighted by molar-refractivity contribution is 9.10. The average Bonchev–Trinajstić information content (AvgIpc) is 3.26. The third-order valence-electron chi connectivity index (χ3n) is 3.04. The monoisotopic (exact) mass is 404 g/mol. The van der Waals surface area contributed by atoms with Crippen LogP contribution in [0.25, 0.3) is 11.3 Å². The number of aromatic amines is 1. The number of carbonyl (C=O) groups is 1. The van der Waals surface area contributed by atoms with Crippen LogP contribution < -0.4 is 5.43 Å². The van der Waals surface area contributed by atoms with Gasteiger partial charge in [-0.25, -0.2) is 10.4 Å². The molecule has 11 heteroatoms. The van der Waals surface area contributed by atoms with E-state index in [2.05, 4.69) is 41.6 Å². The van der Waals surface area contributed by atoms with Crippen molar-refractivity contribution in [3.63, 3.8) is 0 Å². The average molecular weight is 405 g/mol. The highest BCUT2D eigenvalue weighted by atomic mass is 79.9. The van der Waals surface area contributed by atoms with Gasteiger partial charge in [0.15, 0.2) is 0 Å². The summed E-state index contributed by atoms with van der Waals surface area (Å²) in [6, 6.07) is 7.68. The van der Waals surface area contributed by atoms with Crippen molar-refractivity contribution in [1.29, 1.82) is 0 Å². The van der Waals surface area contributed by atoms with Crippen molar-refractivity contribution in [3.05, 3.63) is 62.8 Å². The fraction of sp³-hybridized carbons (Fsp3) is 0. The number of amides is 1. The highest BCUT2D eigenvalue weighted by Crippen LogP contribution is 2.32. The molecule has 0 unspecified atom stereocenters. The maximum atomic E-state index is 11.6. The van der Waals surface area contributed by atoms with Gasteiger partial charge >= 0.3 is 5.91 Å². The fourth-order valence-corrected chi connectivity index (χ4v) is 2.47. The van der Waals surface area contributed by atoms with E-state index in [0.29, 0.717) is 21.6 Å². The molecule has 0 saturated carbocycles.